The van der Waals surface area contributed by atoms with Crippen molar-refractivity contribution in [1.82, 2.24) is 9.97 Å². The molecule has 0 fully saturated rings. The minimum Gasteiger partial charge on any atom is -0.481 e. The lowest BCUT2D eigenvalue weighted by Crippen LogP contribution is -2.11. The maximum atomic E-state index is 5.25. The topological polar surface area (TPSA) is 73.1 Å². The molecular formula is C8H14N4O. The average Bonchev–Trinajstić information content (AvgIpc) is 2.16. The number of anilines is 1. The molecule has 1 aromatic heterocycles. The lowest BCUT2D eigenvalue weighted by atomic mass is 10.2. The van der Waals surface area contributed by atoms with E-state index in [1.807, 2.05) is 13.8 Å². The van der Waals surface area contributed by atoms with E-state index in [0.29, 0.717) is 17.5 Å². The summed E-state index contributed by atoms with van der Waals surface area (Å²) < 4.78 is 5.00. The van der Waals surface area contributed by atoms with Crippen LogP contribution in [0.2, 0.25) is 0 Å². The zero-order valence-electron chi connectivity index (χ0n) is 8.03. The Balaban J connectivity index is 3.07. The first-order chi connectivity index (χ1) is 6.17. The van der Waals surface area contributed by atoms with E-state index in [-0.39, 0.29) is 5.92 Å². The molecule has 5 heteroatoms. The molecule has 13 heavy (non-hydrogen) atoms. The Bertz CT molecular complexity index is 265. The van der Waals surface area contributed by atoms with Crippen LogP contribution in [0.15, 0.2) is 6.07 Å². The molecule has 1 aromatic rings. The molecule has 0 unspecified atom stereocenters. The third-order valence-corrected chi connectivity index (χ3v) is 1.59. The van der Waals surface area contributed by atoms with Crippen LogP contribution in [0, 0.1) is 0 Å². The number of nitrogens with two attached hydrogens (primary N) is 1. The van der Waals surface area contributed by atoms with E-state index in [4.69, 9.17) is 10.6 Å². The number of hydrogen-bond donors (Lipinski definition) is 2. The SMILES string of the molecule is COc1cc(NN)nc(C(C)C)n1. The van der Waals surface area contributed by atoms with E-state index in [9.17, 15) is 0 Å². The molecule has 0 aromatic carbocycles. The zero-order valence-corrected chi connectivity index (χ0v) is 8.03. The molecule has 1 rings (SSSR count). The molecular weight excluding hydrogens is 168 g/mol. The molecule has 0 aliphatic carbocycles. The highest BCUT2D eigenvalue weighted by atomic mass is 16.5. The predicted molar refractivity (Wildman–Crippen MR) is 50.5 cm³/mol. The maximum Gasteiger partial charge on any atom is 0.218 e. The van der Waals surface area contributed by atoms with Crippen LogP contribution in [-0.4, -0.2) is 17.1 Å². The Morgan fingerprint density at radius 2 is 2.15 bits per heavy atom. The molecule has 0 aliphatic rings. The van der Waals surface area contributed by atoms with E-state index in [1.165, 1.54) is 0 Å². The van der Waals surface area contributed by atoms with Crippen LogP contribution in [-0.2, 0) is 0 Å². The van der Waals surface area contributed by atoms with Gasteiger partial charge >= 0.3 is 0 Å². The van der Waals surface area contributed by atoms with Crippen molar-refractivity contribution >= 4 is 5.82 Å². The normalized spacial score (nSPS) is 10.2. The Morgan fingerprint density at radius 3 is 2.62 bits per heavy atom. The number of nitrogens with one attached hydrogen (secondary N) is 1. The summed E-state index contributed by atoms with van der Waals surface area (Å²) in [7, 11) is 1.56. The number of nitrogen functional groups attached to an aromatic ring is 1. The summed E-state index contributed by atoms with van der Waals surface area (Å²) >= 11 is 0. The quantitative estimate of drug-likeness (QED) is 0.536. The highest BCUT2D eigenvalue weighted by Crippen LogP contribution is 2.17. The Kier molecular flexibility index (Phi) is 3.02. The maximum absolute atomic E-state index is 5.25. The van der Waals surface area contributed by atoms with Gasteiger partial charge in [0.1, 0.15) is 11.6 Å². The summed E-state index contributed by atoms with van der Waals surface area (Å²) in [5, 5.41) is 0. The fraction of sp³-hybridized carbons (Fsp3) is 0.500. The fourth-order valence-corrected chi connectivity index (χ4v) is 0.880. The van der Waals surface area contributed by atoms with Crippen LogP contribution in [0.1, 0.15) is 25.6 Å². The van der Waals surface area contributed by atoms with Gasteiger partial charge in [-0.15, -0.1) is 0 Å². The summed E-state index contributed by atoms with van der Waals surface area (Å²) in [6.07, 6.45) is 0. The van der Waals surface area contributed by atoms with E-state index >= 15 is 0 Å². The van der Waals surface area contributed by atoms with Crippen LogP contribution >= 0.6 is 0 Å². The standard InChI is InChI=1S/C8H14N4O/c1-5(2)8-10-6(12-9)4-7(11-8)13-3/h4-5H,9H2,1-3H3,(H,10,11,12). The molecule has 0 aliphatic heterocycles. The largest absolute Gasteiger partial charge is 0.481 e. The molecule has 5 nitrogen and oxygen atoms in total. The summed E-state index contributed by atoms with van der Waals surface area (Å²) in [6.45, 7) is 4.02. The first-order valence-electron chi connectivity index (χ1n) is 4.07. The Labute approximate surface area is 77.3 Å². The molecule has 0 amide bonds. The monoisotopic (exact) mass is 182 g/mol. The number of nitrogens with zero attached hydrogens (tertiary/aromatic N) is 2. The van der Waals surface area contributed by atoms with Crippen LogP contribution in [0.25, 0.3) is 0 Å². The predicted octanol–water partition coefficient (Wildman–Crippen LogP) is 0.894. The van der Waals surface area contributed by atoms with Gasteiger partial charge in [0.05, 0.1) is 7.11 Å². The number of rotatable bonds is 3. The molecule has 1 heterocycles. The van der Waals surface area contributed by atoms with Gasteiger partial charge in [-0.1, -0.05) is 13.8 Å². The van der Waals surface area contributed by atoms with Gasteiger partial charge in [-0.2, -0.15) is 4.98 Å². The van der Waals surface area contributed by atoms with Gasteiger partial charge in [-0.3, -0.25) is 0 Å². The van der Waals surface area contributed by atoms with Gasteiger partial charge in [0, 0.05) is 12.0 Å². The van der Waals surface area contributed by atoms with Crippen LogP contribution in [0.3, 0.4) is 0 Å². The van der Waals surface area contributed by atoms with Crippen LogP contribution < -0.4 is 16.0 Å². The van der Waals surface area contributed by atoms with Crippen molar-refractivity contribution in [2.24, 2.45) is 5.84 Å². The van der Waals surface area contributed by atoms with Crippen LogP contribution in [0.4, 0.5) is 5.82 Å². The first-order valence-corrected chi connectivity index (χ1v) is 4.07. The fourth-order valence-electron chi connectivity index (χ4n) is 0.880. The second kappa shape index (κ2) is 4.04. The van der Waals surface area contributed by atoms with Gasteiger partial charge in [0.25, 0.3) is 0 Å². The molecule has 72 valence electrons. The van der Waals surface area contributed by atoms with Crippen LogP contribution in [0.5, 0.6) is 5.88 Å². The highest BCUT2D eigenvalue weighted by molar-refractivity contribution is 5.37. The van der Waals surface area contributed by atoms with Gasteiger partial charge < -0.3 is 10.2 Å². The molecule has 0 radical (unpaired) electrons. The number of hydrogen-bond acceptors (Lipinski definition) is 5. The van der Waals surface area contributed by atoms with Crippen molar-refractivity contribution in [2.75, 3.05) is 12.5 Å². The summed E-state index contributed by atoms with van der Waals surface area (Å²) in [5.74, 6) is 7.30. The average molecular weight is 182 g/mol. The molecule has 3 N–H and O–H groups in total. The highest BCUT2D eigenvalue weighted by Gasteiger charge is 2.06. The number of methoxy groups -OCH3 is 1. The van der Waals surface area contributed by atoms with Crippen molar-refractivity contribution in [3.8, 4) is 5.88 Å². The van der Waals surface area contributed by atoms with Crippen molar-refractivity contribution < 1.29 is 4.74 Å². The van der Waals surface area contributed by atoms with E-state index in [0.717, 1.165) is 0 Å². The van der Waals surface area contributed by atoms with Crippen molar-refractivity contribution in [2.45, 2.75) is 19.8 Å². The minimum absolute atomic E-state index is 0.252. The third-order valence-electron chi connectivity index (χ3n) is 1.59. The molecule has 0 atom stereocenters. The van der Waals surface area contributed by atoms with E-state index in [1.54, 1.807) is 13.2 Å². The molecule has 0 spiro atoms. The van der Waals surface area contributed by atoms with Gasteiger partial charge in [-0.05, 0) is 0 Å². The van der Waals surface area contributed by atoms with Gasteiger partial charge in [-0.25, -0.2) is 10.8 Å². The van der Waals surface area contributed by atoms with Crippen molar-refractivity contribution in [3.05, 3.63) is 11.9 Å². The zero-order chi connectivity index (χ0) is 9.84. The number of aromatic nitrogens is 2. The van der Waals surface area contributed by atoms with Gasteiger partial charge in [0.2, 0.25) is 5.88 Å². The van der Waals surface area contributed by atoms with Gasteiger partial charge in [0.15, 0.2) is 0 Å². The number of hydrazine groups is 1. The molecule has 0 bridgehead atoms. The van der Waals surface area contributed by atoms with E-state index in [2.05, 4.69) is 15.4 Å². The number of ether oxygens (including phenoxy) is 1. The van der Waals surface area contributed by atoms with E-state index < -0.39 is 0 Å². The minimum atomic E-state index is 0.252. The summed E-state index contributed by atoms with van der Waals surface area (Å²) in [5.41, 5.74) is 2.47. The van der Waals surface area contributed by atoms with Crippen molar-refractivity contribution in [3.63, 3.8) is 0 Å². The van der Waals surface area contributed by atoms with Crippen molar-refractivity contribution in [1.29, 1.82) is 0 Å². The second-order valence-electron chi connectivity index (χ2n) is 2.95. The first kappa shape index (κ1) is 9.73. The Hall–Kier alpha value is -1.36. The molecule has 0 saturated carbocycles. The summed E-state index contributed by atoms with van der Waals surface area (Å²) in [6, 6.07) is 1.64. The lowest BCUT2D eigenvalue weighted by molar-refractivity contribution is 0.394. The Morgan fingerprint density at radius 1 is 1.46 bits per heavy atom. The molecule has 0 saturated heterocycles. The second-order valence-corrected chi connectivity index (χ2v) is 2.95. The lowest BCUT2D eigenvalue weighted by Gasteiger charge is -2.08. The third kappa shape index (κ3) is 2.29. The summed E-state index contributed by atoms with van der Waals surface area (Å²) in [4.78, 5) is 8.34. The smallest absolute Gasteiger partial charge is 0.218 e.